The highest BCUT2D eigenvalue weighted by molar-refractivity contribution is 6.22. The number of aryl methyl sites for hydroxylation is 2. The molecule has 0 radical (unpaired) electrons. The van der Waals surface area contributed by atoms with Crippen molar-refractivity contribution in [1.29, 1.82) is 0 Å². The van der Waals surface area contributed by atoms with Crippen LogP contribution in [-0.2, 0) is 7.05 Å². The van der Waals surface area contributed by atoms with E-state index in [2.05, 4.69) is 0 Å². The van der Waals surface area contributed by atoms with E-state index < -0.39 is 11.1 Å². The van der Waals surface area contributed by atoms with Crippen molar-refractivity contribution in [3.63, 3.8) is 0 Å². The molecule has 1 aromatic heterocycles. The zero-order valence-corrected chi connectivity index (χ0v) is 12.3. The highest BCUT2D eigenvalue weighted by atomic mass is 35.5. The summed E-state index contributed by atoms with van der Waals surface area (Å²) in [5, 5.41) is -0.639. The van der Waals surface area contributed by atoms with Crippen LogP contribution in [0.1, 0.15) is 22.1 Å². The van der Waals surface area contributed by atoms with E-state index in [0.29, 0.717) is 22.2 Å². The van der Waals surface area contributed by atoms with Crippen LogP contribution in [0.2, 0.25) is 0 Å². The third-order valence-corrected chi connectivity index (χ3v) is 4.02. The van der Waals surface area contributed by atoms with Crippen LogP contribution in [0.25, 0.3) is 11.1 Å². The Morgan fingerprint density at radius 2 is 2.00 bits per heavy atom. The van der Waals surface area contributed by atoms with Crippen LogP contribution in [0.5, 0.6) is 0 Å². The van der Waals surface area contributed by atoms with Gasteiger partial charge in [-0.15, -0.1) is 11.6 Å². The first-order chi connectivity index (χ1) is 9.97. The summed E-state index contributed by atoms with van der Waals surface area (Å²) < 4.78 is 20.5. The van der Waals surface area contributed by atoms with Crippen LogP contribution in [0.15, 0.2) is 45.6 Å². The molecule has 0 fully saturated rings. The smallest absolute Gasteiger partial charge is 0.408 e. The number of nitrogens with zero attached hydrogens (tertiary/aromatic N) is 1. The minimum atomic E-state index is -0.639. The van der Waals surface area contributed by atoms with Crippen molar-refractivity contribution < 1.29 is 8.81 Å². The molecule has 0 aliphatic carbocycles. The Balaban J connectivity index is 2.11. The van der Waals surface area contributed by atoms with Gasteiger partial charge in [0.2, 0.25) is 0 Å². The Bertz CT molecular complexity index is 882. The normalized spacial score (nSPS) is 12.8. The molecular formula is C16H13ClFNO2. The summed E-state index contributed by atoms with van der Waals surface area (Å²) in [6, 6.07) is 10.0. The van der Waals surface area contributed by atoms with Crippen molar-refractivity contribution in [2.45, 2.75) is 12.3 Å². The van der Waals surface area contributed by atoms with Gasteiger partial charge in [0.15, 0.2) is 5.58 Å². The van der Waals surface area contributed by atoms with E-state index in [0.717, 1.165) is 5.56 Å². The lowest BCUT2D eigenvalue weighted by molar-refractivity contribution is 0.528. The average Bonchev–Trinajstić information content (AvgIpc) is 2.75. The number of hydrogen-bond acceptors (Lipinski definition) is 2. The van der Waals surface area contributed by atoms with Crippen LogP contribution < -0.4 is 5.76 Å². The topological polar surface area (TPSA) is 35.1 Å². The lowest BCUT2D eigenvalue weighted by atomic mass is 10.0. The van der Waals surface area contributed by atoms with E-state index in [1.165, 1.54) is 10.6 Å². The summed E-state index contributed by atoms with van der Waals surface area (Å²) >= 11 is 6.39. The molecule has 0 N–H and O–H groups in total. The number of benzene rings is 2. The largest absolute Gasteiger partial charge is 0.419 e. The fourth-order valence-corrected chi connectivity index (χ4v) is 2.65. The minimum absolute atomic E-state index is 0.352. The summed E-state index contributed by atoms with van der Waals surface area (Å²) in [6.07, 6.45) is 0. The second kappa shape index (κ2) is 5.04. The third-order valence-electron chi connectivity index (χ3n) is 3.53. The monoisotopic (exact) mass is 305 g/mol. The molecule has 0 bridgehead atoms. The average molecular weight is 306 g/mol. The van der Waals surface area contributed by atoms with Crippen molar-refractivity contribution in [2.24, 2.45) is 7.05 Å². The zero-order chi connectivity index (χ0) is 15.1. The van der Waals surface area contributed by atoms with Crippen molar-refractivity contribution in [2.75, 3.05) is 0 Å². The number of rotatable bonds is 2. The highest BCUT2D eigenvalue weighted by Crippen LogP contribution is 2.32. The van der Waals surface area contributed by atoms with Gasteiger partial charge in [-0.1, -0.05) is 23.8 Å². The summed E-state index contributed by atoms with van der Waals surface area (Å²) in [7, 11) is 1.63. The Kier molecular flexibility index (Phi) is 3.33. The van der Waals surface area contributed by atoms with E-state index in [1.54, 1.807) is 37.4 Å². The Morgan fingerprint density at radius 1 is 1.24 bits per heavy atom. The first kappa shape index (κ1) is 13.9. The van der Waals surface area contributed by atoms with Crippen molar-refractivity contribution in [1.82, 2.24) is 4.57 Å². The van der Waals surface area contributed by atoms with Gasteiger partial charge >= 0.3 is 5.76 Å². The van der Waals surface area contributed by atoms with Gasteiger partial charge in [-0.05, 0) is 30.7 Å². The van der Waals surface area contributed by atoms with Gasteiger partial charge in [0.25, 0.3) is 0 Å². The molecule has 21 heavy (non-hydrogen) atoms. The van der Waals surface area contributed by atoms with Gasteiger partial charge < -0.3 is 4.42 Å². The predicted octanol–water partition coefficient (Wildman–Crippen LogP) is 3.91. The number of oxazole rings is 1. The van der Waals surface area contributed by atoms with Gasteiger partial charge in [0.1, 0.15) is 5.82 Å². The molecule has 5 heteroatoms. The maximum atomic E-state index is 13.9. The zero-order valence-electron chi connectivity index (χ0n) is 11.6. The first-order valence-corrected chi connectivity index (χ1v) is 6.90. The lowest BCUT2D eigenvalue weighted by Gasteiger charge is -2.12. The molecule has 1 atom stereocenters. The number of fused-ring (bicyclic) bond motifs is 1. The molecule has 3 rings (SSSR count). The number of halogens is 2. The molecule has 1 heterocycles. The van der Waals surface area contributed by atoms with Crippen LogP contribution in [0.4, 0.5) is 4.39 Å². The van der Waals surface area contributed by atoms with Crippen LogP contribution in [-0.4, -0.2) is 4.57 Å². The SMILES string of the molecule is Cc1ccc(F)c(C(Cl)c2ccc3c(c2)oc(=O)n3C)c1. The molecule has 0 amide bonds. The molecule has 3 nitrogen and oxygen atoms in total. The Hall–Kier alpha value is -2.07. The number of alkyl halides is 1. The summed E-state index contributed by atoms with van der Waals surface area (Å²) in [5.74, 6) is -0.787. The molecule has 0 spiro atoms. The van der Waals surface area contributed by atoms with Gasteiger partial charge in [0.05, 0.1) is 10.9 Å². The quantitative estimate of drug-likeness (QED) is 0.673. The molecule has 0 aliphatic heterocycles. The second-order valence-electron chi connectivity index (χ2n) is 5.04. The van der Waals surface area contributed by atoms with E-state index in [1.807, 2.05) is 6.92 Å². The molecule has 1 unspecified atom stereocenters. The van der Waals surface area contributed by atoms with Crippen LogP contribution in [0, 0.1) is 12.7 Å². The second-order valence-corrected chi connectivity index (χ2v) is 5.48. The molecule has 0 aliphatic rings. The van der Waals surface area contributed by atoms with Gasteiger partial charge in [-0.2, -0.15) is 0 Å². The maximum absolute atomic E-state index is 13.9. The fraction of sp³-hybridized carbons (Fsp3) is 0.188. The maximum Gasteiger partial charge on any atom is 0.419 e. The van der Waals surface area contributed by atoms with E-state index >= 15 is 0 Å². The number of aromatic nitrogens is 1. The van der Waals surface area contributed by atoms with Gasteiger partial charge in [0, 0.05) is 12.6 Å². The van der Waals surface area contributed by atoms with Gasteiger partial charge in [-0.25, -0.2) is 9.18 Å². The van der Waals surface area contributed by atoms with Crippen molar-refractivity contribution in [3.8, 4) is 0 Å². The molecule has 0 saturated carbocycles. The van der Waals surface area contributed by atoms with Crippen LogP contribution in [0.3, 0.4) is 0 Å². The fourth-order valence-electron chi connectivity index (χ4n) is 2.35. The minimum Gasteiger partial charge on any atom is -0.408 e. The molecule has 0 saturated heterocycles. The summed E-state index contributed by atoms with van der Waals surface area (Å²) in [5.41, 5.74) is 3.15. The van der Waals surface area contributed by atoms with Crippen LogP contribution >= 0.6 is 11.6 Å². The Labute approximate surface area is 125 Å². The third kappa shape index (κ3) is 2.36. The predicted molar refractivity (Wildman–Crippen MR) is 80.3 cm³/mol. The molecule has 108 valence electrons. The van der Waals surface area contributed by atoms with E-state index in [-0.39, 0.29) is 5.82 Å². The Morgan fingerprint density at radius 3 is 2.76 bits per heavy atom. The lowest BCUT2D eigenvalue weighted by Crippen LogP contribution is -2.08. The van der Waals surface area contributed by atoms with E-state index in [4.69, 9.17) is 16.0 Å². The molecular weight excluding hydrogens is 293 g/mol. The van der Waals surface area contributed by atoms with Crippen molar-refractivity contribution in [3.05, 3.63) is 69.5 Å². The van der Waals surface area contributed by atoms with Gasteiger partial charge in [-0.3, -0.25) is 4.57 Å². The first-order valence-electron chi connectivity index (χ1n) is 6.47. The highest BCUT2D eigenvalue weighted by Gasteiger charge is 2.17. The molecule has 2 aromatic carbocycles. The van der Waals surface area contributed by atoms with Crippen molar-refractivity contribution >= 4 is 22.7 Å². The number of hydrogen-bond donors (Lipinski definition) is 0. The molecule has 3 aromatic rings. The summed E-state index contributed by atoms with van der Waals surface area (Å²) in [4.78, 5) is 11.5. The summed E-state index contributed by atoms with van der Waals surface area (Å²) in [6.45, 7) is 1.88. The standard InChI is InChI=1S/C16H13ClFNO2/c1-9-3-5-12(18)11(7-9)15(17)10-4-6-13-14(8-10)21-16(20)19(13)2/h3-8,15H,1-2H3. The van der Waals surface area contributed by atoms with E-state index in [9.17, 15) is 9.18 Å².